The summed E-state index contributed by atoms with van der Waals surface area (Å²) in [4.78, 5) is 33.0. The van der Waals surface area contributed by atoms with Crippen LogP contribution in [0.5, 0.6) is 0 Å². The lowest BCUT2D eigenvalue weighted by Gasteiger charge is -2.23. The van der Waals surface area contributed by atoms with Crippen LogP contribution in [0.3, 0.4) is 0 Å². The highest BCUT2D eigenvalue weighted by Crippen LogP contribution is 2.30. The van der Waals surface area contributed by atoms with E-state index < -0.39 is 4.92 Å². The van der Waals surface area contributed by atoms with Gasteiger partial charge in [-0.2, -0.15) is 0 Å². The van der Waals surface area contributed by atoms with E-state index in [1.807, 2.05) is 24.3 Å². The SMILES string of the molecule is O=C(Nc1ccc(N(CCCl)CCCl)cc1)c1ccc2nc(-c3csc([N+](=O)[O-])c3)[nH]c2c1. The fraction of sp³-hybridized carbons (Fsp3) is 0.182. The van der Waals surface area contributed by atoms with Gasteiger partial charge in [-0.3, -0.25) is 14.9 Å². The second-order valence-corrected chi connectivity index (χ2v) is 8.76. The fourth-order valence-corrected chi connectivity index (χ4v) is 4.48. The summed E-state index contributed by atoms with van der Waals surface area (Å²) in [5.74, 6) is 1.25. The summed E-state index contributed by atoms with van der Waals surface area (Å²) in [5.41, 5.74) is 4.07. The van der Waals surface area contributed by atoms with E-state index in [1.165, 1.54) is 6.07 Å². The number of aromatic nitrogens is 2. The number of hydrogen-bond donors (Lipinski definition) is 2. The molecular formula is C22H19Cl2N5O3S. The summed E-state index contributed by atoms with van der Waals surface area (Å²) >= 11 is 12.8. The van der Waals surface area contributed by atoms with Gasteiger partial charge in [0.2, 0.25) is 0 Å². The summed E-state index contributed by atoms with van der Waals surface area (Å²) in [6.45, 7) is 1.37. The smallest absolute Gasteiger partial charge is 0.324 e. The van der Waals surface area contributed by atoms with Crippen LogP contribution in [0.2, 0.25) is 0 Å². The number of amides is 1. The van der Waals surface area contributed by atoms with Gasteiger partial charge in [0.25, 0.3) is 5.91 Å². The molecule has 0 spiro atoms. The maximum absolute atomic E-state index is 12.8. The van der Waals surface area contributed by atoms with Crippen LogP contribution in [0.25, 0.3) is 22.4 Å². The van der Waals surface area contributed by atoms with E-state index in [-0.39, 0.29) is 10.9 Å². The Bertz CT molecular complexity index is 1280. The number of carbonyl (C=O) groups excluding carboxylic acids is 1. The molecule has 0 radical (unpaired) electrons. The first-order chi connectivity index (χ1) is 16.0. The number of imidazole rings is 1. The first-order valence-electron chi connectivity index (χ1n) is 10.00. The molecule has 0 aliphatic carbocycles. The zero-order valence-corrected chi connectivity index (χ0v) is 19.6. The number of nitro groups is 1. The lowest BCUT2D eigenvalue weighted by atomic mass is 10.2. The zero-order valence-electron chi connectivity index (χ0n) is 17.3. The Balaban J connectivity index is 1.49. The van der Waals surface area contributed by atoms with E-state index in [1.54, 1.807) is 23.6 Å². The summed E-state index contributed by atoms with van der Waals surface area (Å²) in [5, 5.41) is 15.5. The van der Waals surface area contributed by atoms with E-state index in [0.29, 0.717) is 58.5 Å². The molecule has 2 aromatic carbocycles. The van der Waals surface area contributed by atoms with Crippen molar-refractivity contribution < 1.29 is 9.72 Å². The average Bonchev–Trinajstić information content (AvgIpc) is 3.46. The van der Waals surface area contributed by atoms with Gasteiger partial charge >= 0.3 is 5.00 Å². The highest BCUT2D eigenvalue weighted by atomic mass is 35.5. The third kappa shape index (κ3) is 5.27. The minimum Gasteiger partial charge on any atom is -0.369 e. The Labute approximate surface area is 203 Å². The third-order valence-corrected chi connectivity index (χ3v) is 6.20. The predicted octanol–water partition coefficient (Wildman–Crippen LogP) is 5.74. The molecule has 0 saturated heterocycles. The number of alkyl halides is 2. The molecule has 2 aromatic heterocycles. The summed E-state index contributed by atoms with van der Waals surface area (Å²) in [7, 11) is 0. The molecule has 0 atom stereocenters. The van der Waals surface area contributed by atoms with Crippen molar-refractivity contribution >= 4 is 67.9 Å². The number of H-pyrrole nitrogens is 1. The molecule has 2 N–H and O–H groups in total. The van der Waals surface area contributed by atoms with Crippen LogP contribution in [-0.4, -0.2) is 45.6 Å². The maximum Gasteiger partial charge on any atom is 0.324 e. The molecule has 4 aromatic rings. The van der Waals surface area contributed by atoms with Crippen molar-refractivity contribution in [2.45, 2.75) is 0 Å². The average molecular weight is 504 g/mol. The molecule has 0 aliphatic heterocycles. The van der Waals surface area contributed by atoms with Crippen LogP contribution >= 0.6 is 34.5 Å². The van der Waals surface area contributed by atoms with Crippen LogP contribution in [0, 0.1) is 10.1 Å². The Morgan fingerprint density at radius 1 is 1.12 bits per heavy atom. The minimum absolute atomic E-state index is 0.0463. The number of nitrogens with zero attached hydrogens (tertiary/aromatic N) is 3. The van der Waals surface area contributed by atoms with Gasteiger partial charge in [0.1, 0.15) is 5.82 Å². The maximum atomic E-state index is 12.8. The number of hydrogen-bond acceptors (Lipinski definition) is 6. The largest absolute Gasteiger partial charge is 0.369 e. The van der Waals surface area contributed by atoms with Crippen LogP contribution < -0.4 is 10.2 Å². The van der Waals surface area contributed by atoms with Gasteiger partial charge < -0.3 is 15.2 Å². The van der Waals surface area contributed by atoms with Gasteiger partial charge in [-0.1, -0.05) is 11.3 Å². The second-order valence-electron chi connectivity index (χ2n) is 7.11. The number of fused-ring (bicyclic) bond motifs is 1. The normalized spacial score (nSPS) is 11.0. The first kappa shape index (κ1) is 23.0. The van der Waals surface area contributed by atoms with Gasteiger partial charge in [0.05, 0.1) is 16.0 Å². The number of nitrogens with one attached hydrogen (secondary N) is 2. The van der Waals surface area contributed by atoms with Gasteiger partial charge in [-0.15, -0.1) is 23.2 Å². The summed E-state index contributed by atoms with van der Waals surface area (Å²) in [6, 6.07) is 14.1. The third-order valence-electron chi connectivity index (χ3n) is 4.98. The van der Waals surface area contributed by atoms with Crippen LogP contribution in [0.15, 0.2) is 53.9 Å². The Morgan fingerprint density at radius 2 is 1.85 bits per heavy atom. The number of benzene rings is 2. The molecule has 33 heavy (non-hydrogen) atoms. The lowest BCUT2D eigenvalue weighted by Crippen LogP contribution is -2.27. The first-order valence-corrected chi connectivity index (χ1v) is 11.9. The zero-order chi connectivity index (χ0) is 23.4. The lowest BCUT2D eigenvalue weighted by molar-refractivity contribution is -0.380. The minimum atomic E-state index is -0.431. The predicted molar refractivity (Wildman–Crippen MR) is 134 cm³/mol. The Hall–Kier alpha value is -3.14. The molecule has 4 rings (SSSR count). The highest BCUT2D eigenvalue weighted by Gasteiger charge is 2.15. The number of anilines is 2. The summed E-state index contributed by atoms with van der Waals surface area (Å²) < 4.78 is 0. The molecule has 0 saturated carbocycles. The number of thiophene rings is 1. The van der Waals surface area contributed by atoms with E-state index in [4.69, 9.17) is 23.2 Å². The molecule has 1 amide bonds. The molecule has 11 heteroatoms. The molecular weight excluding hydrogens is 485 g/mol. The van der Waals surface area contributed by atoms with Gasteiger partial charge in [-0.05, 0) is 42.5 Å². The fourth-order valence-electron chi connectivity index (χ4n) is 3.37. The monoisotopic (exact) mass is 503 g/mol. The topological polar surface area (TPSA) is 104 Å². The van der Waals surface area contributed by atoms with Crippen LogP contribution in [0.1, 0.15) is 10.4 Å². The van der Waals surface area contributed by atoms with E-state index in [9.17, 15) is 14.9 Å². The molecule has 0 fully saturated rings. The van der Waals surface area contributed by atoms with Crippen molar-refractivity contribution in [2.75, 3.05) is 35.1 Å². The van der Waals surface area contributed by atoms with Crippen LogP contribution in [0.4, 0.5) is 16.4 Å². The van der Waals surface area contributed by atoms with Crippen LogP contribution in [-0.2, 0) is 0 Å². The Morgan fingerprint density at radius 3 is 2.48 bits per heavy atom. The van der Waals surface area contributed by atoms with E-state index in [2.05, 4.69) is 20.2 Å². The Kier molecular flexibility index (Phi) is 7.12. The molecule has 0 aliphatic rings. The molecule has 8 nitrogen and oxygen atoms in total. The highest BCUT2D eigenvalue weighted by molar-refractivity contribution is 7.13. The van der Waals surface area contributed by atoms with Gasteiger partial charge in [0, 0.05) is 58.8 Å². The van der Waals surface area contributed by atoms with E-state index in [0.717, 1.165) is 17.0 Å². The van der Waals surface area contributed by atoms with Crippen molar-refractivity contribution in [2.24, 2.45) is 0 Å². The number of carbonyl (C=O) groups is 1. The molecule has 170 valence electrons. The van der Waals surface area contributed by atoms with Crippen molar-refractivity contribution in [1.82, 2.24) is 9.97 Å². The van der Waals surface area contributed by atoms with E-state index >= 15 is 0 Å². The number of aromatic amines is 1. The van der Waals surface area contributed by atoms with Gasteiger partial charge in [-0.25, -0.2) is 4.98 Å². The molecule has 0 unspecified atom stereocenters. The van der Waals surface area contributed by atoms with Crippen molar-refractivity contribution in [3.05, 3.63) is 69.6 Å². The quantitative estimate of drug-likeness (QED) is 0.172. The number of halogens is 2. The summed E-state index contributed by atoms with van der Waals surface area (Å²) in [6.07, 6.45) is 0. The number of rotatable bonds is 9. The standard InChI is InChI=1S/C22H19Cl2N5O3S/c23-7-9-28(10-8-24)17-4-2-16(3-5-17)25-22(30)14-1-6-18-19(11-14)27-21(26-18)15-12-20(29(31)32)33-13-15/h1-6,11-13H,7-10H2,(H,25,30)(H,26,27). The van der Waals surface area contributed by atoms with Crippen molar-refractivity contribution in [3.63, 3.8) is 0 Å². The second kappa shape index (κ2) is 10.2. The molecule has 2 heterocycles. The van der Waals surface area contributed by atoms with Gasteiger partial charge in [0.15, 0.2) is 0 Å². The van der Waals surface area contributed by atoms with Crippen molar-refractivity contribution in [3.8, 4) is 11.4 Å². The molecule has 0 bridgehead atoms. The van der Waals surface area contributed by atoms with Crippen molar-refractivity contribution in [1.29, 1.82) is 0 Å².